The molecule has 0 aliphatic heterocycles. The predicted octanol–water partition coefficient (Wildman–Crippen LogP) is 1.56. The maximum absolute atomic E-state index is 9.73. The van der Waals surface area contributed by atoms with E-state index in [0.717, 1.165) is 31.6 Å². The van der Waals surface area contributed by atoms with Crippen molar-refractivity contribution < 1.29 is 10.2 Å². The zero-order chi connectivity index (χ0) is 9.19. The molecule has 0 heterocycles. The average Bonchev–Trinajstić information content (AvgIpc) is 2.05. The zero-order valence-electron chi connectivity index (χ0n) is 8.08. The highest BCUT2D eigenvalue weighted by molar-refractivity contribution is 4.85. The van der Waals surface area contributed by atoms with E-state index >= 15 is 0 Å². The van der Waals surface area contributed by atoms with Gasteiger partial charge >= 0.3 is 0 Å². The lowest BCUT2D eigenvalue weighted by atomic mass is 9.75. The minimum atomic E-state index is -0.759. The van der Waals surface area contributed by atoms with E-state index in [0.29, 0.717) is 5.92 Å². The third-order valence-corrected chi connectivity index (χ3v) is 3.20. The normalized spacial score (nSPS) is 37.2. The predicted molar refractivity (Wildman–Crippen MR) is 48.8 cm³/mol. The Balaban J connectivity index is 2.39. The molecule has 0 amide bonds. The molecule has 0 aromatic heterocycles. The first-order valence-corrected chi connectivity index (χ1v) is 4.91. The van der Waals surface area contributed by atoms with Crippen molar-refractivity contribution in [3.05, 3.63) is 0 Å². The second-order valence-electron chi connectivity index (χ2n) is 4.46. The first kappa shape index (κ1) is 10.0. The minimum absolute atomic E-state index is 0.0716. The van der Waals surface area contributed by atoms with Gasteiger partial charge in [-0.3, -0.25) is 0 Å². The van der Waals surface area contributed by atoms with Gasteiger partial charge in [-0.25, -0.2) is 0 Å². The van der Waals surface area contributed by atoms with Gasteiger partial charge in [-0.05, 0) is 37.5 Å². The lowest BCUT2D eigenvalue weighted by Gasteiger charge is -2.36. The Kier molecular flexibility index (Phi) is 3.13. The summed E-state index contributed by atoms with van der Waals surface area (Å²) in [6, 6.07) is 0. The van der Waals surface area contributed by atoms with Crippen LogP contribution in [-0.4, -0.2) is 22.4 Å². The molecule has 0 radical (unpaired) electrons. The van der Waals surface area contributed by atoms with Gasteiger partial charge in [0.15, 0.2) is 0 Å². The average molecular weight is 172 g/mol. The number of hydrogen-bond acceptors (Lipinski definition) is 2. The van der Waals surface area contributed by atoms with Crippen molar-refractivity contribution in [3.63, 3.8) is 0 Å². The molecule has 1 aliphatic carbocycles. The molecule has 72 valence electrons. The van der Waals surface area contributed by atoms with Gasteiger partial charge < -0.3 is 10.2 Å². The van der Waals surface area contributed by atoms with Crippen molar-refractivity contribution >= 4 is 0 Å². The Morgan fingerprint density at radius 1 is 1.33 bits per heavy atom. The van der Waals surface area contributed by atoms with E-state index in [-0.39, 0.29) is 6.61 Å². The summed E-state index contributed by atoms with van der Waals surface area (Å²) in [4.78, 5) is 0. The van der Waals surface area contributed by atoms with Crippen molar-refractivity contribution in [2.75, 3.05) is 6.61 Å². The van der Waals surface area contributed by atoms with Gasteiger partial charge in [0.05, 0.1) is 12.2 Å². The van der Waals surface area contributed by atoms with Gasteiger partial charge in [0.25, 0.3) is 0 Å². The second-order valence-corrected chi connectivity index (χ2v) is 4.46. The molecule has 0 saturated heterocycles. The van der Waals surface area contributed by atoms with Crippen LogP contribution in [0.15, 0.2) is 0 Å². The molecule has 1 fully saturated rings. The number of aliphatic hydroxyl groups is 2. The van der Waals surface area contributed by atoms with E-state index in [2.05, 4.69) is 13.8 Å². The molecule has 2 heteroatoms. The molecule has 0 bridgehead atoms. The number of hydrogen-bond donors (Lipinski definition) is 2. The largest absolute Gasteiger partial charge is 0.393 e. The van der Waals surface area contributed by atoms with Crippen LogP contribution in [0, 0.1) is 11.8 Å². The van der Waals surface area contributed by atoms with Crippen molar-refractivity contribution in [1.82, 2.24) is 0 Å². The van der Waals surface area contributed by atoms with E-state index in [4.69, 9.17) is 5.11 Å². The standard InChI is InChI=1S/C10H20O2/c1-8(2)9-3-5-10(12,7-11)6-4-9/h8-9,11-12H,3-7H2,1-2H3/t9-,10-. The van der Waals surface area contributed by atoms with Crippen LogP contribution in [0.4, 0.5) is 0 Å². The molecular weight excluding hydrogens is 152 g/mol. The molecule has 0 spiro atoms. The molecule has 0 unspecified atom stereocenters. The highest BCUT2D eigenvalue weighted by Gasteiger charge is 2.33. The van der Waals surface area contributed by atoms with Crippen molar-refractivity contribution in [2.24, 2.45) is 11.8 Å². The summed E-state index contributed by atoms with van der Waals surface area (Å²) in [6.45, 7) is 4.39. The maximum atomic E-state index is 9.73. The molecule has 1 rings (SSSR count). The summed E-state index contributed by atoms with van der Waals surface area (Å²) in [7, 11) is 0. The Bertz CT molecular complexity index is 135. The lowest BCUT2D eigenvalue weighted by molar-refractivity contribution is -0.0555. The first-order chi connectivity index (χ1) is 5.57. The molecule has 2 N–H and O–H groups in total. The van der Waals surface area contributed by atoms with Crippen LogP contribution in [0.25, 0.3) is 0 Å². The Morgan fingerprint density at radius 2 is 1.83 bits per heavy atom. The van der Waals surface area contributed by atoms with Gasteiger partial charge in [0.2, 0.25) is 0 Å². The van der Waals surface area contributed by atoms with E-state index in [1.165, 1.54) is 0 Å². The maximum Gasteiger partial charge on any atom is 0.0877 e. The van der Waals surface area contributed by atoms with Gasteiger partial charge in [0, 0.05) is 0 Å². The third kappa shape index (κ3) is 2.20. The van der Waals surface area contributed by atoms with Crippen molar-refractivity contribution in [1.29, 1.82) is 0 Å². The highest BCUT2D eigenvalue weighted by Crippen LogP contribution is 2.35. The van der Waals surface area contributed by atoms with Gasteiger partial charge in [-0.2, -0.15) is 0 Å². The number of rotatable bonds is 2. The van der Waals surface area contributed by atoms with Gasteiger partial charge in [-0.1, -0.05) is 13.8 Å². The van der Waals surface area contributed by atoms with Crippen LogP contribution in [0.3, 0.4) is 0 Å². The van der Waals surface area contributed by atoms with Crippen LogP contribution in [0.5, 0.6) is 0 Å². The summed E-state index contributed by atoms with van der Waals surface area (Å²) in [5, 5.41) is 18.7. The van der Waals surface area contributed by atoms with Crippen LogP contribution in [0.2, 0.25) is 0 Å². The van der Waals surface area contributed by atoms with Gasteiger partial charge in [-0.15, -0.1) is 0 Å². The molecule has 2 nitrogen and oxygen atoms in total. The molecule has 1 aliphatic rings. The fourth-order valence-electron chi connectivity index (χ4n) is 2.00. The Hall–Kier alpha value is -0.0800. The Labute approximate surface area is 74.6 Å². The smallest absolute Gasteiger partial charge is 0.0877 e. The van der Waals surface area contributed by atoms with E-state index < -0.39 is 5.60 Å². The summed E-state index contributed by atoms with van der Waals surface area (Å²) >= 11 is 0. The fourth-order valence-corrected chi connectivity index (χ4v) is 2.00. The summed E-state index contributed by atoms with van der Waals surface area (Å²) in [5.74, 6) is 1.46. The van der Waals surface area contributed by atoms with Crippen LogP contribution in [-0.2, 0) is 0 Å². The SMILES string of the molecule is CC(C)[C@H]1CC[C@@](O)(CO)CC1. The van der Waals surface area contributed by atoms with E-state index in [1.54, 1.807) is 0 Å². The summed E-state index contributed by atoms with van der Waals surface area (Å²) in [5.41, 5.74) is -0.759. The monoisotopic (exact) mass is 172 g/mol. The molecule has 0 atom stereocenters. The highest BCUT2D eigenvalue weighted by atomic mass is 16.3. The van der Waals surface area contributed by atoms with Crippen molar-refractivity contribution in [2.45, 2.75) is 45.1 Å². The lowest BCUT2D eigenvalue weighted by Crippen LogP contribution is -2.38. The van der Waals surface area contributed by atoms with Crippen molar-refractivity contribution in [3.8, 4) is 0 Å². The summed E-state index contributed by atoms with van der Waals surface area (Å²) in [6.07, 6.45) is 3.67. The van der Waals surface area contributed by atoms with E-state index in [9.17, 15) is 5.11 Å². The zero-order valence-corrected chi connectivity index (χ0v) is 8.08. The van der Waals surface area contributed by atoms with Crippen LogP contribution >= 0.6 is 0 Å². The number of aliphatic hydroxyl groups excluding tert-OH is 1. The Morgan fingerprint density at radius 3 is 2.17 bits per heavy atom. The quantitative estimate of drug-likeness (QED) is 0.663. The molecule has 1 saturated carbocycles. The van der Waals surface area contributed by atoms with E-state index in [1.807, 2.05) is 0 Å². The second kappa shape index (κ2) is 3.75. The fraction of sp³-hybridized carbons (Fsp3) is 1.00. The first-order valence-electron chi connectivity index (χ1n) is 4.91. The molecule has 0 aromatic carbocycles. The topological polar surface area (TPSA) is 40.5 Å². The minimum Gasteiger partial charge on any atom is -0.393 e. The molecule has 0 aromatic rings. The van der Waals surface area contributed by atoms with Crippen LogP contribution < -0.4 is 0 Å². The molecular formula is C10H20O2. The third-order valence-electron chi connectivity index (χ3n) is 3.20. The molecule has 12 heavy (non-hydrogen) atoms. The van der Waals surface area contributed by atoms with Gasteiger partial charge in [0.1, 0.15) is 0 Å². The van der Waals surface area contributed by atoms with Crippen LogP contribution in [0.1, 0.15) is 39.5 Å². The summed E-state index contributed by atoms with van der Waals surface area (Å²) < 4.78 is 0.